The van der Waals surface area contributed by atoms with Crippen LogP contribution >= 0.6 is 0 Å². The third-order valence-electron chi connectivity index (χ3n) is 4.89. The number of rotatable bonds is 4. The summed E-state index contributed by atoms with van der Waals surface area (Å²) < 4.78 is 31.4. The summed E-state index contributed by atoms with van der Waals surface area (Å²) in [5.74, 6) is -3.35. The number of halogens is 2. The van der Waals surface area contributed by atoms with Gasteiger partial charge in [-0.1, -0.05) is 0 Å². The zero-order valence-corrected chi connectivity index (χ0v) is 15.2. The summed E-state index contributed by atoms with van der Waals surface area (Å²) in [6, 6.07) is 7.31. The Bertz CT molecular complexity index is 1010. The number of hydrogen-bond donors (Lipinski definition) is 2. The van der Waals surface area contributed by atoms with Gasteiger partial charge in [0, 0.05) is 12.6 Å². The second-order valence-corrected chi connectivity index (χ2v) is 6.82. The Morgan fingerprint density at radius 3 is 2.83 bits per heavy atom. The van der Waals surface area contributed by atoms with Crippen LogP contribution in [0.5, 0.6) is 0 Å². The van der Waals surface area contributed by atoms with E-state index in [0.717, 1.165) is 37.2 Å². The van der Waals surface area contributed by atoms with E-state index in [1.807, 2.05) is 4.90 Å². The molecule has 0 bridgehead atoms. The van der Waals surface area contributed by atoms with Gasteiger partial charge in [0.2, 0.25) is 5.91 Å². The molecule has 0 radical (unpaired) electrons. The number of ether oxygens (including phenoxy) is 1. The first-order chi connectivity index (χ1) is 13.9. The summed E-state index contributed by atoms with van der Waals surface area (Å²) in [5.41, 5.74) is 1.31. The molecule has 2 aliphatic rings. The summed E-state index contributed by atoms with van der Waals surface area (Å²) in [5, 5.41) is 5.00. The normalized spacial score (nSPS) is 17.2. The lowest BCUT2D eigenvalue weighted by atomic mass is 10.1. The Labute approximate surface area is 164 Å². The number of nitrogens with one attached hydrogen (secondary N) is 2. The highest BCUT2D eigenvalue weighted by Crippen LogP contribution is 2.37. The van der Waals surface area contributed by atoms with Gasteiger partial charge in [0.15, 0.2) is 6.61 Å². The maximum absolute atomic E-state index is 13.6. The SMILES string of the molecule is O=C(COC(=O)c1ccc2c(c1)NC(=O)[C@H]1CCCN21)Nc1ccc(F)cc1F. The molecule has 9 heteroatoms. The molecule has 0 aliphatic carbocycles. The Hall–Kier alpha value is -3.49. The van der Waals surface area contributed by atoms with E-state index in [9.17, 15) is 23.2 Å². The van der Waals surface area contributed by atoms with Gasteiger partial charge in [-0.25, -0.2) is 13.6 Å². The third kappa shape index (κ3) is 3.75. The molecule has 2 amide bonds. The highest BCUT2D eigenvalue weighted by atomic mass is 19.1. The van der Waals surface area contributed by atoms with Gasteiger partial charge in [0.25, 0.3) is 5.91 Å². The number of carbonyl (C=O) groups excluding carboxylic acids is 3. The molecule has 29 heavy (non-hydrogen) atoms. The molecular weight excluding hydrogens is 384 g/mol. The number of fused-ring (bicyclic) bond motifs is 3. The van der Waals surface area contributed by atoms with Crippen LogP contribution in [0.4, 0.5) is 25.8 Å². The molecule has 4 rings (SSSR count). The molecule has 1 saturated heterocycles. The van der Waals surface area contributed by atoms with Crippen LogP contribution in [0.2, 0.25) is 0 Å². The van der Waals surface area contributed by atoms with Crippen LogP contribution in [-0.4, -0.2) is 37.0 Å². The molecule has 2 heterocycles. The van der Waals surface area contributed by atoms with Crippen molar-refractivity contribution < 1.29 is 27.9 Å². The van der Waals surface area contributed by atoms with E-state index in [0.29, 0.717) is 11.8 Å². The number of nitrogens with zero attached hydrogens (tertiary/aromatic N) is 1. The highest BCUT2D eigenvalue weighted by molar-refractivity contribution is 6.05. The fraction of sp³-hybridized carbons (Fsp3) is 0.250. The Kier molecular flexibility index (Phi) is 4.87. The van der Waals surface area contributed by atoms with Gasteiger partial charge in [-0.2, -0.15) is 0 Å². The quantitative estimate of drug-likeness (QED) is 0.770. The van der Waals surface area contributed by atoms with Crippen LogP contribution in [0.15, 0.2) is 36.4 Å². The van der Waals surface area contributed by atoms with Gasteiger partial charge in [0.1, 0.15) is 17.7 Å². The fourth-order valence-electron chi connectivity index (χ4n) is 3.55. The van der Waals surface area contributed by atoms with Crippen molar-refractivity contribution in [2.24, 2.45) is 0 Å². The minimum Gasteiger partial charge on any atom is -0.452 e. The summed E-state index contributed by atoms with van der Waals surface area (Å²) in [4.78, 5) is 38.3. The van der Waals surface area contributed by atoms with Crippen LogP contribution in [0.1, 0.15) is 23.2 Å². The predicted molar refractivity (Wildman–Crippen MR) is 101 cm³/mol. The second-order valence-electron chi connectivity index (χ2n) is 6.82. The molecule has 0 unspecified atom stereocenters. The van der Waals surface area contributed by atoms with Crippen LogP contribution in [0.3, 0.4) is 0 Å². The fourth-order valence-corrected chi connectivity index (χ4v) is 3.55. The van der Waals surface area contributed by atoms with E-state index in [2.05, 4.69) is 10.6 Å². The Morgan fingerprint density at radius 2 is 2.03 bits per heavy atom. The zero-order chi connectivity index (χ0) is 20.5. The number of esters is 1. The minimum atomic E-state index is -0.935. The molecule has 2 aromatic rings. The molecule has 1 atom stereocenters. The van der Waals surface area contributed by atoms with Gasteiger partial charge >= 0.3 is 5.97 Å². The maximum Gasteiger partial charge on any atom is 0.338 e. The average Bonchev–Trinajstić information content (AvgIpc) is 3.19. The standard InChI is InChI=1S/C20H17F2N3O4/c21-12-4-5-14(13(22)9-12)23-18(26)10-29-20(28)11-3-6-16-15(8-11)24-19(27)17-2-1-7-25(16)17/h3-6,8-9,17H,1-2,7,10H2,(H,23,26)(H,24,27)/t17-/m1/s1. The van der Waals surface area contributed by atoms with Crippen LogP contribution in [0.25, 0.3) is 0 Å². The number of amides is 2. The smallest absolute Gasteiger partial charge is 0.338 e. The van der Waals surface area contributed by atoms with Crippen molar-refractivity contribution >= 4 is 34.8 Å². The predicted octanol–water partition coefficient (Wildman–Crippen LogP) is 2.68. The van der Waals surface area contributed by atoms with E-state index >= 15 is 0 Å². The van der Waals surface area contributed by atoms with Crippen molar-refractivity contribution in [1.29, 1.82) is 0 Å². The molecule has 7 nitrogen and oxygen atoms in total. The first-order valence-corrected chi connectivity index (χ1v) is 9.06. The number of anilines is 3. The van der Waals surface area contributed by atoms with E-state index in [4.69, 9.17) is 4.74 Å². The number of benzene rings is 2. The molecule has 2 N–H and O–H groups in total. The van der Waals surface area contributed by atoms with E-state index in [-0.39, 0.29) is 23.2 Å². The lowest BCUT2D eigenvalue weighted by Crippen LogP contribution is -2.43. The number of carbonyl (C=O) groups is 3. The lowest BCUT2D eigenvalue weighted by molar-refractivity contribution is -0.119. The summed E-state index contributed by atoms with van der Waals surface area (Å²) in [6.07, 6.45) is 1.71. The van der Waals surface area contributed by atoms with Crippen LogP contribution in [0, 0.1) is 11.6 Å². The molecule has 2 aliphatic heterocycles. The molecular formula is C20H17F2N3O4. The van der Waals surface area contributed by atoms with Gasteiger partial charge < -0.3 is 20.3 Å². The first kappa shape index (κ1) is 18.9. The van der Waals surface area contributed by atoms with E-state index < -0.39 is 30.1 Å². The van der Waals surface area contributed by atoms with E-state index in [1.165, 1.54) is 6.07 Å². The lowest BCUT2D eigenvalue weighted by Gasteiger charge is -2.33. The van der Waals surface area contributed by atoms with Crippen molar-refractivity contribution in [3.63, 3.8) is 0 Å². The third-order valence-corrected chi connectivity index (χ3v) is 4.89. The molecule has 0 aromatic heterocycles. The zero-order valence-electron chi connectivity index (χ0n) is 15.2. The average molecular weight is 401 g/mol. The maximum atomic E-state index is 13.6. The number of hydrogen-bond acceptors (Lipinski definition) is 5. The molecule has 1 fully saturated rings. The Morgan fingerprint density at radius 1 is 1.21 bits per heavy atom. The van der Waals surface area contributed by atoms with Crippen molar-refractivity contribution in [2.75, 3.05) is 28.7 Å². The highest BCUT2D eigenvalue weighted by Gasteiger charge is 2.36. The molecule has 0 saturated carbocycles. The van der Waals surface area contributed by atoms with Gasteiger partial charge in [0.05, 0.1) is 22.6 Å². The molecule has 150 valence electrons. The molecule has 2 aromatic carbocycles. The molecule has 0 spiro atoms. The Balaban J connectivity index is 1.39. The largest absolute Gasteiger partial charge is 0.452 e. The second kappa shape index (κ2) is 7.50. The van der Waals surface area contributed by atoms with Crippen molar-refractivity contribution in [3.8, 4) is 0 Å². The minimum absolute atomic E-state index is 0.110. The topological polar surface area (TPSA) is 87.7 Å². The summed E-state index contributed by atoms with van der Waals surface area (Å²) in [7, 11) is 0. The van der Waals surface area contributed by atoms with Gasteiger partial charge in [-0.05, 0) is 43.2 Å². The van der Waals surface area contributed by atoms with Crippen molar-refractivity contribution in [3.05, 3.63) is 53.6 Å². The van der Waals surface area contributed by atoms with Gasteiger partial charge in [-0.3, -0.25) is 9.59 Å². The monoisotopic (exact) mass is 401 g/mol. The van der Waals surface area contributed by atoms with Crippen LogP contribution < -0.4 is 15.5 Å². The van der Waals surface area contributed by atoms with Gasteiger partial charge in [-0.15, -0.1) is 0 Å². The summed E-state index contributed by atoms with van der Waals surface area (Å²) >= 11 is 0. The van der Waals surface area contributed by atoms with Crippen LogP contribution in [-0.2, 0) is 14.3 Å². The van der Waals surface area contributed by atoms with E-state index in [1.54, 1.807) is 12.1 Å². The van der Waals surface area contributed by atoms with Crippen molar-refractivity contribution in [1.82, 2.24) is 0 Å². The first-order valence-electron chi connectivity index (χ1n) is 9.06. The van der Waals surface area contributed by atoms with Crippen molar-refractivity contribution in [2.45, 2.75) is 18.9 Å². The summed E-state index contributed by atoms with van der Waals surface area (Å²) in [6.45, 7) is 0.127.